The third-order valence-electron chi connectivity index (χ3n) is 4.72. The molecule has 0 amide bonds. The van der Waals surface area contributed by atoms with E-state index in [1.807, 2.05) is 6.88 Å². The van der Waals surface area contributed by atoms with Gasteiger partial charge in [-0.3, -0.25) is 12.2 Å². The van der Waals surface area contributed by atoms with Crippen LogP contribution in [0.15, 0.2) is 34.4 Å². The van der Waals surface area contributed by atoms with E-state index in [1.165, 1.54) is 22.3 Å². The summed E-state index contributed by atoms with van der Waals surface area (Å²) in [5.41, 5.74) is 6.37. The first kappa shape index (κ1) is 40.9. The first-order valence-corrected chi connectivity index (χ1v) is 15.7. The fourth-order valence-electron chi connectivity index (χ4n) is 2.67. The molecule has 0 aromatic heterocycles. The van der Waals surface area contributed by atoms with Crippen molar-refractivity contribution in [2.75, 3.05) is 0 Å². The Bertz CT molecular complexity index is 531. The molecule has 0 spiro atoms. The monoisotopic (exact) mass is 548 g/mol. The van der Waals surface area contributed by atoms with Crippen LogP contribution < -0.4 is 0 Å². The van der Waals surface area contributed by atoms with Crippen LogP contribution in [-0.2, 0) is 23.3 Å². The predicted octanol–water partition coefficient (Wildman–Crippen LogP) is 8.32. The van der Waals surface area contributed by atoms with Crippen molar-refractivity contribution in [2.24, 2.45) is 22.7 Å². The third kappa shape index (κ3) is 14.7. The Hall–Kier alpha value is 0.640. The van der Waals surface area contributed by atoms with Gasteiger partial charge in [0.25, 0.3) is 0 Å². The second-order valence-electron chi connectivity index (χ2n) is 9.78. The van der Waals surface area contributed by atoms with Gasteiger partial charge in [-0.2, -0.15) is 11.1 Å². The first-order valence-electron chi connectivity index (χ1n) is 9.81. The Morgan fingerprint density at radius 1 is 0.700 bits per heavy atom. The molecule has 0 aliphatic heterocycles. The molecule has 2 rings (SSSR count). The molecule has 0 saturated carbocycles. The zero-order valence-corrected chi connectivity index (χ0v) is 27.3. The minimum atomic E-state index is 0. The van der Waals surface area contributed by atoms with E-state index < -0.39 is 0 Å². The van der Waals surface area contributed by atoms with Gasteiger partial charge in [-0.05, 0) is 22.7 Å². The molecule has 0 fully saturated rings. The second kappa shape index (κ2) is 18.1. The molecule has 2 aliphatic rings. The Morgan fingerprint density at radius 3 is 1.03 bits per heavy atom. The number of halogens is 2. The van der Waals surface area contributed by atoms with Crippen molar-refractivity contribution in [1.29, 1.82) is 0 Å². The molecule has 0 heterocycles. The Labute approximate surface area is 219 Å². The fourth-order valence-corrected chi connectivity index (χ4v) is 2.67. The van der Waals surface area contributed by atoms with Gasteiger partial charge in [-0.25, -0.2) is 23.3 Å². The van der Waals surface area contributed by atoms with Gasteiger partial charge >= 0.3 is 30.2 Å². The summed E-state index contributed by atoms with van der Waals surface area (Å²) in [6.07, 6.45) is 13.6. The summed E-state index contributed by atoms with van der Waals surface area (Å²) in [5.74, 6) is 1.36. The summed E-state index contributed by atoms with van der Waals surface area (Å²) >= 11 is 1.58. The molecule has 0 radical (unpaired) electrons. The van der Waals surface area contributed by atoms with Crippen LogP contribution in [0.2, 0.25) is 0 Å². The van der Waals surface area contributed by atoms with Crippen LogP contribution in [0.1, 0.15) is 82.1 Å². The van der Waals surface area contributed by atoms with E-state index in [1.54, 1.807) is 23.3 Å². The molecule has 0 nitrogen and oxygen atoms in total. The molecule has 178 valence electrons. The molecule has 0 aromatic rings. The standard InChI is InChI=1S/2C12H19.2CH3.2ClH.H2Si.Zr/c2*1-9(2)10-6-7-11(8-10)12(3,4)5;;;;;;/h2*8-9H,6H2,1-5H3;2*1H3;2*1H;1H2;/q4*-1;;;;. The molecular formula is C26H48Cl2SiZr-4. The van der Waals surface area contributed by atoms with Gasteiger partial charge in [-0.15, -0.1) is 37.7 Å². The van der Waals surface area contributed by atoms with E-state index >= 15 is 0 Å². The van der Waals surface area contributed by atoms with E-state index in [9.17, 15) is 0 Å². The van der Waals surface area contributed by atoms with Crippen LogP contribution in [0.4, 0.5) is 0 Å². The first-order chi connectivity index (χ1) is 11.8. The molecule has 30 heavy (non-hydrogen) atoms. The molecule has 0 bridgehead atoms. The number of hydrogen-bond acceptors (Lipinski definition) is 0. The molecule has 0 aromatic carbocycles. The molecule has 0 N–H and O–H groups in total. The van der Waals surface area contributed by atoms with Crippen molar-refractivity contribution < 1.29 is 23.3 Å². The Morgan fingerprint density at radius 2 is 0.933 bits per heavy atom. The second-order valence-corrected chi connectivity index (χ2v) is 9.78. The number of rotatable bonds is 2. The van der Waals surface area contributed by atoms with Crippen LogP contribution in [-0.4, -0.2) is 6.88 Å². The molecule has 0 unspecified atom stereocenters. The summed E-state index contributed by atoms with van der Waals surface area (Å²) in [6.45, 7) is 24.4. The summed E-state index contributed by atoms with van der Waals surface area (Å²) in [4.78, 5) is 0. The summed E-state index contributed by atoms with van der Waals surface area (Å²) < 4.78 is 0. The van der Waals surface area contributed by atoms with Crippen LogP contribution in [0, 0.1) is 49.7 Å². The molecule has 2 aliphatic carbocycles. The summed E-state index contributed by atoms with van der Waals surface area (Å²) in [6, 6.07) is 0. The van der Waals surface area contributed by atoms with Gasteiger partial charge in [-0.1, -0.05) is 69.2 Å². The zero-order chi connectivity index (χ0) is 20.7. The van der Waals surface area contributed by atoms with Crippen molar-refractivity contribution >= 4 is 31.7 Å². The average molecular weight is 551 g/mol. The fraction of sp³-hybridized carbons (Fsp3) is 0.615. The molecule has 0 atom stereocenters. The van der Waals surface area contributed by atoms with Crippen LogP contribution in [0.3, 0.4) is 0 Å². The van der Waals surface area contributed by atoms with E-state index in [0.717, 1.165) is 12.8 Å². The van der Waals surface area contributed by atoms with Gasteiger partial charge in [0.1, 0.15) is 0 Å². The Kier molecular flexibility index (Phi) is 24.7. The van der Waals surface area contributed by atoms with Crippen molar-refractivity contribution in [1.82, 2.24) is 0 Å². The van der Waals surface area contributed by atoms with E-state index in [-0.39, 0.29) is 50.5 Å². The van der Waals surface area contributed by atoms with Crippen LogP contribution >= 0.6 is 24.8 Å². The molecule has 4 heteroatoms. The van der Waals surface area contributed by atoms with E-state index in [2.05, 4.69) is 93.5 Å². The number of hydrogen-bond donors (Lipinski definition) is 0. The summed E-state index contributed by atoms with van der Waals surface area (Å²) in [5, 5.41) is 0. The topological polar surface area (TPSA) is 0 Å². The quantitative estimate of drug-likeness (QED) is 0.239. The van der Waals surface area contributed by atoms with Crippen LogP contribution in [0.25, 0.3) is 0 Å². The van der Waals surface area contributed by atoms with Gasteiger partial charge in [0.2, 0.25) is 0 Å². The average Bonchev–Trinajstić information content (AvgIpc) is 3.18. The van der Waals surface area contributed by atoms with Crippen molar-refractivity contribution in [3.63, 3.8) is 0 Å². The Balaban J connectivity index is -0.000000114. The minimum absolute atomic E-state index is 0. The van der Waals surface area contributed by atoms with Gasteiger partial charge in [0.05, 0.1) is 0 Å². The van der Waals surface area contributed by atoms with Crippen molar-refractivity contribution in [2.45, 2.75) is 82.1 Å². The van der Waals surface area contributed by atoms with Gasteiger partial charge < -0.3 is 14.9 Å². The van der Waals surface area contributed by atoms with Crippen molar-refractivity contribution in [3.05, 3.63) is 61.4 Å². The maximum absolute atomic E-state index is 3.45. The normalized spacial score (nSPS) is 14.6. The predicted molar refractivity (Wildman–Crippen MR) is 143 cm³/mol. The number of allylic oxidation sites excluding steroid dienone is 8. The van der Waals surface area contributed by atoms with E-state index in [0.29, 0.717) is 11.8 Å². The van der Waals surface area contributed by atoms with Gasteiger partial charge in [0, 0.05) is 0 Å². The SMILES string of the molecule is CC(C)C1=CC(C(C)(C)C)=[C-]C1.CC(C)C1=CC(C(C)(C)C)=[C-]C1.Cl.Cl.[CH3-].[CH3-].[SiH2]=[Zr]. The van der Waals surface area contributed by atoms with Crippen LogP contribution in [0.5, 0.6) is 0 Å². The van der Waals surface area contributed by atoms with Gasteiger partial charge in [0.15, 0.2) is 0 Å². The molecular weight excluding hydrogens is 503 g/mol. The zero-order valence-electron chi connectivity index (χ0n) is 21.7. The van der Waals surface area contributed by atoms with E-state index in [4.69, 9.17) is 0 Å². The third-order valence-corrected chi connectivity index (χ3v) is 4.72. The van der Waals surface area contributed by atoms with Crippen molar-refractivity contribution in [3.8, 4) is 0 Å². The summed E-state index contributed by atoms with van der Waals surface area (Å²) in [7, 11) is 0. The molecule has 0 saturated heterocycles. The maximum atomic E-state index is 3.45.